The molecule has 1 saturated heterocycles. The lowest BCUT2D eigenvalue weighted by Gasteiger charge is -2.40. The Kier molecular flexibility index (Phi) is 24.2. The molecule has 3 amide bonds. The van der Waals surface area contributed by atoms with E-state index in [2.05, 4.69) is 83.6 Å². The SMILES string of the molecule is CCC=CCC=CCC=CCC=CCC=CCC=CCCC(=O)NCCCC[C@H](NC(=O)OC(C)(C)C)C(=O)N[C@@H]1[C@@H](O)[C@H](O)[C@@H](CO)O[C@H]1O. The minimum Gasteiger partial charge on any atom is -0.444 e. The number of amides is 3. The molecule has 1 rings (SSSR count). The molecule has 0 aliphatic carbocycles. The molecule has 51 heavy (non-hydrogen) atoms. The molecule has 0 unspecified atom stereocenters. The van der Waals surface area contributed by atoms with Crippen molar-refractivity contribution in [2.24, 2.45) is 0 Å². The Morgan fingerprint density at radius 2 is 1.31 bits per heavy atom. The summed E-state index contributed by atoms with van der Waals surface area (Å²) in [5.74, 6) is -0.821. The maximum absolute atomic E-state index is 13.1. The number of aliphatic hydroxyl groups excluding tert-OH is 4. The predicted octanol–water partition coefficient (Wildman–Crippen LogP) is 4.56. The van der Waals surface area contributed by atoms with Crippen LogP contribution in [0.2, 0.25) is 0 Å². The first-order valence-corrected chi connectivity index (χ1v) is 18.2. The second-order valence-corrected chi connectivity index (χ2v) is 13.3. The summed E-state index contributed by atoms with van der Waals surface area (Å²) < 4.78 is 10.4. The van der Waals surface area contributed by atoms with Gasteiger partial charge in [0.1, 0.15) is 36.0 Å². The number of ether oxygens (including phenoxy) is 2. The zero-order valence-electron chi connectivity index (χ0n) is 30.9. The van der Waals surface area contributed by atoms with Gasteiger partial charge in [0.2, 0.25) is 11.8 Å². The van der Waals surface area contributed by atoms with Gasteiger partial charge in [-0.25, -0.2) is 4.79 Å². The van der Waals surface area contributed by atoms with E-state index in [1.165, 1.54) is 0 Å². The minimum atomic E-state index is -1.70. The smallest absolute Gasteiger partial charge is 0.408 e. The fourth-order valence-electron chi connectivity index (χ4n) is 4.88. The van der Waals surface area contributed by atoms with Crippen LogP contribution in [0.4, 0.5) is 4.79 Å². The van der Waals surface area contributed by atoms with E-state index in [1.807, 2.05) is 12.2 Å². The third kappa shape index (κ3) is 22.1. The second kappa shape index (κ2) is 27.1. The molecule has 1 heterocycles. The zero-order valence-corrected chi connectivity index (χ0v) is 30.9. The number of nitrogens with one attached hydrogen (secondary N) is 3. The molecule has 0 aromatic heterocycles. The van der Waals surface area contributed by atoms with Crippen LogP contribution in [0.1, 0.15) is 98.3 Å². The lowest BCUT2D eigenvalue weighted by atomic mass is 9.96. The number of carbonyl (C=O) groups is 3. The number of carbonyl (C=O) groups excluding carboxylic acids is 3. The number of hydrogen-bond donors (Lipinski definition) is 7. The number of allylic oxidation sites excluding steroid dienone is 12. The van der Waals surface area contributed by atoms with Gasteiger partial charge in [-0.3, -0.25) is 9.59 Å². The lowest BCUT2D eigenvalue weighted by Crippen LogP contribution is -2.65. The van der Waals surface area contributed by atoms with Crippen molar-refractivity contribution in [2.75, 3.05) is 13.2 Å². The van der Waals surface area contributed by atoms with Crippen molar-refractivity contribution in [3.05, 3.63) is 72.9 Å². The molecule has 288 valence electrons. The van der Waals surface area contributed by atoms with Gasteiger partial charge in [0.25, 0.3) is 0 Å². The molecule has 1 aliphatic rings. The minimum absolute atomic E-state index is 0.0873. The van der Waals surface area contributed by atoms with Crippen LogP contribution >= 0.6 is 0 Å². The Hall–Kier alpha value is -3.55. The van der Waals surface area contributed by atoms with Crippen molar-refractivity contribution in [1.29, 1.82) is 0 Å². The average molecular weight is 718 g/mol. The molecule has 0 bridgehead atoms. The number of alkyl carbamates (subject to hydrolysis) is 1. The first kappa shape index (κ1) is 45.5. The van der Waals surface area contributed by atoms with Crippen molar-refractivity contribution in [1.82, 2.24) is 16.0 Å². The van der Waals surface area contributed by atoms with Gasteiger partial charge in [0.15, 0.2) is 6.29 Å². The fourth-order valence-corrected chi connectivity index (χ4v) is 4.88. The number of hydrogen-bond acceptors (Lipinski definition) is 9. The van der Waals surface area contributed by atoms with E-state index in [-0.39, 0.29) is 12.3 Å². The molecule has 12 nitrogen and oxygen atoms in total. The summed E-state index contributed by atoms with van der Waals surface area (Å²) in [5, 5.41) is 47.8. The molecule has 0 radical (unpaired) electrons. The Morgan fingerprint density at radius 1 is 0.784 bits per heavy atom. The molecule has 7 N–H and O–H groups in total. The van der Waals surface area contributed by atoms with Gasteiger partial charge in [-0.05, 0) is 85.0 Å². The van der Waals surface area contributed by atoms with Crippen LogP contribution in [-0.2, 0) is 19.1 Å². The van der Waals surface area contributed by atoms with Crippen molar-refractivity contribution in [3.63, 3.8) is 0 Å². The van der Waals surface area contributed by atoms with E-state index >= 15 is 0 Å². The van der Waals surface area contributed by atoms with Crippen LogP contribution in [0.5, 0.6) is 0 Å². The second-order valence-electron chi connectivity index (χ2n) is 13.3. The van der Waals surface area contributed by atoms with Gasteiger partial charge in [0, 0.05) is 13.0 Å². The Labute approximate surface area is 304 Å². The molecular weight excluding hydrogens is 654 g/mol. The molecule has 0 spiro atoms. The van der Waals surface area contributed by atoms with Gasteiger partial charge in [-0.15, -0.1) is 0 Å². The van der Waals surface area contributed by atoms with Gasteiger partial charge >= 0.3 is 6.09 Å². The highest BCUT2D eigenvalue weighted by Gasteiger charge is 2.45. The molecular formula is C39H63N3O9. The van der Waals surface area contributed by atoms with Crippen LogP contribution in [-0.4, -0.2) is 93.8 Å². The van der Waals surface area contributed by atoms with E-state index in [0.717, 1.165) is 38.5 Å². The van der Waals surface area contributed by atoms with Crippen LogP contribution in [0, 0.1) is 0 Å². The van der Waals surface area contributed by atoms with Crippen molar-refractivity contribution in [2.45, 2.75) is 141 Å². The molecule has 0 aromatic rings. The summed E-state index contributed by atoms with van der Waals surface area (Å²) in [4.78, 5) is 37.8. The summed E-state index contributed by atoms with van der Waals surface area (Å²) in [6, 6.07) is -2.51. The average Bonchev–Trinajstić information content (AvgIpc) is 3.07. The maximum atomic E-state index is 13.1. The van der Waals surface area contributed by atoms with E-state index in [0.29, 0.717) is 32.2 Å². The Bertz CT molecular complexity index is 1170. The first-order chi connectivity index (χ1) is 24.4. The highest BCUT2D eigenvalue weighted by molar-refractivity contribution is 5.86. The quantitative estimate of drug-likeness (QED) is 0.0588. The summed E-state index contributed by atoms with van der Waals surface area (Å²) in [7, 11) is 0. The largest absolute Gasteiger partial charge is 0.444 e. The van der Waals surface area contributed by atoms with Crippen LogP contribution in [0.15, 0.2) is 72.9 Å². The summed E-state index contributed by atoms with van der Waals surface area (Å²) in [6.45, 7) is 6.91. The van der Waals surface area contributed by atoms with E-state index in [1.54, 1.807) is 20.8 Å². The van der Waals surface area contributed by atoms with Crippen LogP contribution in [0.3, 0.4) is 0 Å². The number of rotatable bonds is 23. The molecule has 1 aliphatic heterocycles. The maximum Gasteiger partial charge on any atom is 0.408 e. The molecule has 0 saturated carbocycles. The molecule has 12 heteroatoms. The number of aliphatic hydroxyl groups is 4. The van der Waals surface area contributed by atoms with Crippen molar-refractivity contribution < 1.29 is 44.3 Å². The highest BCUT2D eigenvalue weighted by Crippen LogP contribution is 2.20. The lowest BCUT2D eigenvalue weighted by molar-refractivity contribution is -0.254. The predicted molar refractivity (Wildman–Crippen MR) is 199 cm³/mol. The van der Waals surface area contributed by atoms with Crippen molar-refractivity contribution in [3.8, 4) is 0 Å². The molecule has 1 fully saturated rings. The first-order valence-electron chi connectivity index (χ1n) is 18.2. The normalized spacial score (nSPS) is 22.2. The summed E-state index contributed by atoms with van der Waals surface area (Å²) in [5.41, 5.74) is -0.812. The monoisotopic (exact) mass is 717 g/mol. The third-order valence-electron chi connectivity index (χ3n) is 7.59. The molecule has 0 aromatic carbocycles. The van der Waals surface area contributed by atoms with E-state index in [9.17, 15) is 34.8 Å². The Balaban J connectivity index is 2.34. The third-order valence-corrected chi connectivity index (χ3v) is 7.59. The van der Waals surface area contributed by atoms with Gasteiger partial charge < -0.3 is 45.9 Å². The van der Waals surface area contributed by atoms with E-state index < -0.39 is 60.9 Å². The van der Waals surface area contributed by atoms with Gasteiger partial charge in [0.05, 0.1) is 6.61 Å². The fraction of sp³-hybridized carbons (Fsp3) is 0.615. The summed E-state index contributed by atoms with van der Waals surface area (Å²) in [6.07, 6.45) is 26.5. The number of unbranched alkanes of at least 4 members (excludes halogenated alkanes) is 1. The zero-order chi connectivity index (χ0) is 37.9. The van der Waals surface area contributed by atoms with E-state index in [4.69, 9.17) is 9.47 Å². The summed E-state index contributed by atoms with van der Waals surface area (Å²) >= 11 is 0. The topological polar surface area (TPSA) is 187 Å². The standard InChI is InChI=1S/C39H63N3O9/c1-5-6-7-8-9-10-11-12-13-14-15-16-17-18-19-20-21-22-23-27-32(44)40-28-25-24-26-30(41-38(49)51-39(2,3)4)36(47)42-33-35(46)34(45)31(29-43)50-37(33)48/h6-7,9-10,12-13,15-16,18-19,21-22,30-31,33-35,37,43,45-46,48H,5,8,11,14,17,20,23-29H2,1-4H3,(H,40,44)(H,41,49)(H,42,47)/t30-,31+,33+,34+,35+,37+/m0/s1. The Morgan fingerprint density at radius 3 is 1.82 bits per heavy atom. The van der Waals surface area contributed by atoms with Crippen molar-refractivity contribution >= 4 is 17.9 Å². The van der Waals surface area contributed by atoms with Crippen LogP contribution in [0.25, 0.3) is 0 Å². The van der Waals surface area contributed by atoms with Gasteiger partial charge in [-0.2, -0.15) is 0 Å². The highest BCUT2D eigenvalue weighted by atomic mass is 16.6. The van der Waals surface area contributed by atoms with Crippen LogP contribution < -0.4 is 16.0 Å². The molecule has 6 atom stereocenters. The van der Waals surface area contributed by atoms with Gasteiger partial charge in [-0.1, -0.05) is 79.8 Å².